The van der Waals surface area contributed by atoms with Crippen LogP contribution in [0.25, 0.3) is 17.4 Å². The predicted molar refractivity (Wildman–Crippen MR) is 176 cm³/mol. The van der Waals surface area contributed by atoms with Crippen LogP contribution < -0.4 is 19.6 Å². The Labute approximate surface area is 265 Å². The van der Waals surface area contributed by atoms with Crippen LogP contribution in [0.5, 0.6) is 5.75 Å². The lowest BCUT2D eigenvalue weighted by Crippen LogP contribution is -2.32. The number of esters is 1. The fraction of sp³-hybridized carbons (Fsp3) is 0.400. The van der Waals surface area contributed by atoms with E-state index in [9.17, 15) is 22.6 Å². The molecular weight excluding hydrogens is 592 g/mol. The number of hydrogen-bond acceptors (Lipinski definition) is 8. The number of hydrogen-bond donors (Lipinski definition) is 0. The summed E-state index contributed by atoms with van der Waals surface area (Å²) in [4.78, 5) is 28.1. The second kappa shape index (κ2) is 14.0. The fourth-order valence-electron chi connectivity index (χ4n) is 5.34. The topological polar surface area (TPSA) is 120 Å². The SMILES string of the molecule is CCN(CC)c1ccc2c(c1)OC(=O)C(/C=C/C=C/c1cc(C(C)(C)C)oc3cc(=[N+](CC)CCCS(=O)(=O)[O-])ccc1-3)C2=O. The first-order chi connectivity index (χ1) is 21.2. The maximum absolute atomic E-state index is 13.2. The fourth-order valence-corrected chi connectivity index (χ4v) is 5.82. The highest BCUT2D eigenvalue weighted by molar-refractivity contribution is 7.85. The first-order valence-electron chi connectivity index (χ1n) is 15.3. The number of ketones is 1. The van der Waals surface area contributed by atoms with Gasteiger partial charge in [-0.25, -0.2) is 13.0 Å². The molecule has 4 rings (SSSR count). The summed E-state index contributed by atoms with van der Waals surface area (Å²) in [5.74, 6) is -0.626. The van der Waals surface area contributed by atoms with E-state index in [1.807, 2.05) is 61.8 Å². The molecule has 1 aliphatic carbocycles. The van der Waals surface area contributed by atoms with Crippen LogP contribution in [0, 0.1) is 5.92 Å². The molecule has 1 atom stereocenters. The van der Waals surface area contributed by atoms with Gasteiger partial charge in [-0.15, -0.1) is 0 Å². The molecule has 0 saturated carbocycles. The monoisotopic (exact) mass is 634 g/mol. The van der Waals surface area contributed by atoms with Crippen molar-refractivity contribution in [3.63, 3.8) is 0 Å². The Morgan fingerprint density at radius 3 is 2.33 bits per heavy atom. The lowest BCUT2D eigenvalue weighted by Gasteiger charge is -2.25. The number of benzene rings is 2. The molecule has 2 aliphatic heterocycles. The van der Waals surface area contributed by atoms with Crippen molar-refractivity contribution in [2.45, 2.75) is 53.4 Å². The minimum atomic E-state index is -4.27. The lowest BCUT2D eigenvalue weighted by atomic mass is 9.90. The van der Waals surface area contributed by atoms with Crippen LogP contribution in [0.2, 0.25) is 0 Å². The van der Waals surface area contributed by atoms with Crippen molar-refractivity contribution in [3.05, 3.63) is 82.9 Å². The molecule has 1 aromatic carbocycles. The number of carbonyl (C=O) groups is 2. The first-order valence-corrected chi connectivity index (χ1v) is 16.9. The van der Waals surface area contributed by atoms with Crippen molar-refractivity contribution in [2.24, 2.45) is 5.92 Å². The number of anilines is 1. The van der Waals surface area contributed by atoms with Gasteiger partial charge >= 0.3 is 5.97 Å². The Bertz CT molecular complexity index is 1770. The predicted octanol–water partition coefficient (Wildman–Crippen LogP) is 5.24. The van der Waals surface area contributed by atoms with Gasteiger partial charge in [0.1, 0.15) is 36.3 Å². The number of rotatable bonds is 11. The van der Waals surface area contributed by atoms with E-state index in [1.54, 1.807) is 30.4 Å². The van der Waals surface area contributed by atoms with Crippen molar-refractivity contribution in [1.29, 1.82) is 0 Å². The largest absolute Gasteiger partial charge is 0.748 e. The van der Waals surface area contributed by atoms with Crippen molar-refractivity contribution in [2.75, 3.05) is 36.8 Å². The third-order valence-electron chi connectivity index (χ3n) is 7.89. The minimum absolute atomic E-state index is 0.233. The molecule has 0 radical (unpaired) electrons. The van der Waals surface area contributed by atoms with Crippen LogP contribution in [0.15, 0.2) is 65.1 Å². The zero-order valence-corrected chi connectivity index (χ0v) is 27.6. The van der Waals surface area contributed by atoms with Crippen LogP contribution in [-0.2, 0) is 20.3 Å². The minimum Gasteiger partial charge on any atom is -0.748 e. The lowest BCUT2D eigenvalue weighted by molar-refractivity contribution is -0.136. The maximum atomic E-state index is 13.2. The number of nitrogens with zero attached hydrogens (tertiary/aromatic N) is 2. The summed E-state index contributed by atoms with van der Waals surface area (Å²) in [6.07, 6.45) is 7.17. The summed E-state index contributed by atoms with van der Waals surface area (Å²) in [7, 11) is -4.27. The standard InChI is InChI=1S/C35H42N2O7S/c1-7-36(8-2)25-16-18-28-31(22-25)44-34(39)29(33(28)38)14-11-10-13-24-21-32(35(4,5)6)43-30-23-26(15-17-27(24)30)37(9-3)19-12-20-45(40,41)42/h10-11,13-18,21-23,29H,7-9,12,19-20H2,1-6H3/b13-10+,14-11+,37-26?. The molecule has 10 heteroatoms. The van der Waals surface area contributed by atoms with Gasteiger partial charge in [-0.1, -0.05) is 45.1 Å². The van der Waals surface area contributed by atoms with E-state index in [0.29, 0.717) is 30.2 Å². The molecule has 45 heavy (non-hydrogen) atoms. The number of carbonyl (C=O) groups excluding carboxylic acids is 2. The van der Waals surface area contributed by atoms with Gasteiger partial charge in [-0.05, 0) is 50.6 Å². The number of allylic oxidation sites excluding steroid dienone is 2. The van der Waals surface area contributed by atoms with Crippen LogP contribution in [0.4, 0.5) is 5.69 Å². The van der Waals surface area contributed by atoms with E-state index in [-0.39, 0.29) is 17.6 Å². The summed E-state index contributed by atoms with van der Waals surface area (Å²) < 4.78 is 47.1. The molecule has 0 saturated heterocycles. The molecule has 9 nitrogen and oxygen atoms in total. The second-order valence-corrected chi connectivity index (χ2v) is 13.6. The quantitative estimate of drug-likeness (QED) is 0.0701. The molecule has 0 amide bonds. The molecular formula is C35H42N2O7S. The van der Waals surface area contributed by atoms with E-state index in [2.05, 4.69) is 25.7 Å². The zero-order chi connectivity index (χ0) is 32.9. The molecule has 3 aliphatic rings. The second-order valence-electron chi connectivity index (χ2n) is 12.1. The molecule has 0 spiro atoms. The third kappa shape index (κ3) is 8.18. The van der Waals surface area contributed by atoms with Gasteiger partial charge < -0.3 is 18.6 Å². The summed E-state index contributed by atoms with van der Waals surface area (Å²) >= 11 is 0. The Balaban J connectivity index is 1.62. The molecule has 0 aromatic heterocycles. The van der Waals surface area contributed by atoms with E-state index in [4.69, 9.17) is 9.15 Å². The van der Waals surface area contributed by atoms with E-state index in [0.717, 1.165) is 41.0 Å². The van der Waals surface area contributed by atoms with Gasteiger partial charge in [0.2, 0.25) is 5.36 Å². The number of Topliss-reactive ketones (excluding diaryl/α,β-unsaturated/α-hetero) is 1. The highest BCUT2D eigenvalue weighted by Crippen LogP contribution is 2.34. The molecule has 0 bridgehead atoms. The zero-order valence-electron chi connectivity index (χ0n) is 26.8. The van der Waals surface area contributed by atoms with E-state index >= 15 is 0 Å². The van der Waals surface area contributed by atoms with Gasteiger partial charge in [0, 0.05) is 54.1 Å². The van der Waals surface area contributed by atoms with Gasteiger partial charge in [0.15, 0.2) is 5.78 Å². The van der Waals surface area contributed by atoms with Crippen molar-refractivity contribution >= 4 is 33.6 Å². The summed E-state index contributed by atoms with van der Waals surface area (Å²) in [6.45, 7) is 14.9. The molecule has 0 fully saturated rings. The van der Waals surface area contributed by atoms with Gasteiger partial charge in [-0.3, -0.25) is 9.59 Å². The molecule has 1 unspecified atom stereocenters. The van der Waals surface area contributed by atoms with Gasteiger partial charge in [-0.2, -0.15) is 0 Å². The van der Waals surface area contributed by atoms with Gasteiger partial charge in [0.05, 0.1) is 21.7 Å². The highest BCUT2D eigenvalue weighted by Gasteiger charge is 2.34. The first kappa shape index (κ1) is 33.9. The smallest absolute Gasteiger partial charge is 0.326 e. The van der Waals surface area contributed by atoms with E-state index < -0.39 is 27.8 Å². The van der Waals surface area contributed by atoms with Crippen LogP contribution in [0.1, 0.15) is 69.6 Å². The average Bonchev–Trinajstić information content (AvgIpc) is 2.98. The summed E-state index contributed by atoms with van der Waals surface area (Å²) in [5.41, 5.74) is 2.76. The number of fused-ring (bicyclic) bond motifs is 2. The van der Waals surface area contributed by atoms with Crippen molar-refractivity contribution < 1.29 is 31.7 Å². The molecule has 2 heterocycles. The molecule has 240 valence electrons. The average molecular weight is 635 g/mol. The Morgan fingerprint density at radius 1 is 0.978 bits per heavy atom. The number of ether oxygens (including phenoxy) is 1. The van der Waals surface area contributed by atoms with Crippen molar-refractivity contribution in [3.8, 4) is 17.1 Å². The van der Waals surface area contributed by atoms with Crippen molar-refractivity contribution in [1.82, 2.24) is 4.58 Å². The van der Waals surface area contributed by atoms with Crippen LogP contribution in [-0.4, -0.2) is 56.7 Å². The summed E-state index contributed by atoms with van der Waals surface area (Å²) in [5, 5.41) is 0.858. The molecule has 0 N–H and O–H groups in total. The van der Waals surface area contributed by atoms with Crippen LogP contribution >= 0.6 is 0 Å². The van der Waals surface area contributed by atoms with Crippen LogP contribution in [0.3, 0.4) is 0 Å². The normalized spacial score (nSPS) is 16.4. The van der Waals surface area contributed by atoms with Gasteiger partial charge in [0.25, 0.3) is 0 Å². The third-order valence-corrected chi connectivity index (χ3v) is 8.68. The highest BCUT2D eigenvalue weighted by atomic mass is 32.2. The Morgan fingerprint density at radius 2 is 1.69 bits per heavy atom. The Hall–Kier alpha value is -4.02. The summed E-state index contributed by atoms with van der Waals surface area (Å²) in [6, 6.07) is 13.1. The Kier molecular flexibility index (Phi) is 10.5. The van der Waals surface area contributed by atoms with E-state index in [1.165, 1.54) is 0 Å². The molecule has 1 aromatic rings. The maximum Gasteiger partial charge on any atom is 0.326 e.